The molecule has 7 heteroatoms. The molecular weight excluding hydrogens is 499 g/mol. The third kappa shape index (κ3) is 3.57. The Bertz CT molecular complexity index is 907. The lowest BCUT2D eigenvalue weighted by Crippen LogP contribution is -2.21. The highest BCUT2D eigenvalue weighted by atomic mass is 127. The second-order valence-electron chi connectivity index (χ2n) is 5.39. The van der Waals surface area contributed by atoms with Crippen LogP contribution in [-0.2, 0) is 4.79 Å². The van der Waals surface area contributed by atoms with Crippen molar-refractivity contribution in [2.45, 2.75) is 6.92 Å². The summed E-state index contributed by atoms with van der Waals surface area (Å²) in [5.74, 6) is 0.260. The summed E-state index contributed by atoms with van der Waals surface area (Å²) in [6.07, 6.45) is 1.75. The summed E-state index contributed by atoms with van der Waals surface area (Å²) in [5, 5.41) is 15.7. The van der Waals surface area contributed by atoms with Crippen LogP contribution in [0.15, 0.2) is 51.5 Å². The molecule has 0 radical (unpaired) electrons. The average molecular weight is 513 g/mol. The van der Waals surface area contributed by atoms with Crippen LogP contribution >= 0.6 is 38.5 Å². The Kier molecular flexibility index (Phi) is 5.14. The summed E-state index contributed by atoms with van der Waals surface area (Å²) < 4.78 is 6.75. The lowest BCUT2D eigenvalue weighted by Gasteiger charge is -2.11. The van der Waals surface area contributed by atoms with Crippen LogP contribution in [0.1, 0.15) is 12.5 Å². The molecule has 1 heterocycles. The number of ether oxygens (including phenoxy) is 1. The predicted molar refractivity (Wildman–Crippen MR) is 110 cm³/mol. The first-order valence-electron chi connectivity index (χ1n) is 7.34. The van der Waals surface area contributed by atoms with Gasteiger partial charge < -0.3 is 9.84 Å². The van der Waals surface area contributed by atoms with Crippen molar-refractivity contribution in [2.24, 2.45) is 5.10 Å². The molecule has 0 fully saturated rings. The summed E-state index contributed by atoms with van der Waals surface area (Å²) in [5.41, 5.74) is 2.60. The van der Waals surface area contributed by atoms with Crippen LogP contribution in [0.5, 0.6) is 11.5 Å². The molecule has 0 saturated heterocycles. The largest absolute Gasteiger partial charge is 0.504 e. The van der Waals surface area contributed by atoms with E-state index < -0.39 is 0 Å². The van der Waals surface area contributed by atoms with E-state index in [9.17, 15) is 9.90 Å². The van der Waals surface area contributed by atoms with Gasteiger partial charge in [-0.2, -0.15) is 10.1 Å². The van der Waals surface area contributed by atoms with Gasteiger partial charge in [0.25, 0.3) is 5.91 Å². The molecule has 2 aromatic rings. The van der Waals surface area contributed by atoms with E-state index >= 15 is 0 Å². The molecule has 3 rings (SSSR count). The van der Waals surface area contributed by atoms with Gasteiger partial charge in [-0.3, -0.25) is 4.79 Å². The Morgan fingerprint density at radius 2 is 1.96 bits per heavy atom. The lowest BCUT2D eigenvalue weighted by molar-refractivity contribution is -0.114. The number of carbonyl (C=O) groups excluding carboxylic acids is 1. The number of carbonyl (C=O) groups is 1. The first-order valence-corrected chi connectivity index (χ1v) is 9.21. The Labute approximate surface area is 167 Å². The van der Waals surface area contributed by atoms with Gasteiger partial charge in [-0.1, -0.05) is 15.9 Å². The maximum Gasteiger partial charge on any atom is 0.280 e. The molecule has 0 aliphatic carbocycles. The summed E-state index contributed by atoms with van der Waals surface area (Å²) in [6, 6.07) is 10.9. The van der Waals surface area contributed by atoms with Gasteiger partial charge in [0.1, 0.15) is 0 Å². The lowest BCUT2D eigenvalue weighted by atomic mass is 10.1. The molecule has 0 bridgehead atoms. The second-order valence-corrected chi connectivity index (χ2v) is 7.47. The first-order chi connectivity index (χ1) is 11.9. The van der Waals surface area contributed by atoms with Crippen molar-refractivity contribution in [1.29, 1.82) is 0 Å². The number of anilines is 1. The number of amides is 1. The maximum atomic E-state index is 12.8. The normalized spacial score (nSPS) is 15.7. The zero-order chi connectivity index (χ0) is 18.1. The molecule has 1 amide bonds. The number of rotatable bonds is 3. The van der Waals surface area contributed by atoms with E-state index in [1.807, 2.05) is 46.9 Å². The molecule has 0 unspecified atom stereocenters. The minimum absolute atomic E-state index is 0.0878. The maximum absolute atomic E-state index is 12.8. The second kappa shape index (κ2) is 7.17. The molecule has 25 heavy (non-hydrogen) atoms. The molecule has 2 aromatic carbocycles. The Morgan fingerprint density at radius 3 is 2.60 bits per heavy atom. The van der Waals surface area contributed by atoms with Gasteiger partial charge >= 0.3 is 0 Å². The fourth-order valence-electron chi connectivity index (χ4n) is 2.44. The van der Waals surface area contributed by atoms with Gasteiger partial charge in [-0.25, -0.2) is 0 Å². The van der Waals surface area contributed by atoms with Crippen molar-refractivity contribution < 1.29 is 14.6 Å². The Hall–Kier alpha value is -1.87. The van der Waals surface area contributed by atoms with Crippen LogP contribution < -0.4 is 9.75 Å². The molecular formula is C18H14BrIN2O3. The van der Waals surface area contributed by atoms with Gasteiger partial charge in [-0.05, 0) is 77.6 Å². The van der Waals surface area contributed by atoms with Crippen molar-refractivity contribution in [3.05, 3.63) is 55.6 Å². The summed E-state index contributed by atoms with van der Waals surface area (Å²) in [7, 11) is 1.49. The van der Waals surface area contributed by atoms with Gasteiger partial charge in [0.05, 0.1) is 27.7 Å². The highest BCUT2D eigenvalue weighted by molar-refractivity contribution is 14.1. The third-order valence-corrected chi connectivity index (χ3v) is 5.07. The SMILES string of the molecule is COc1cc(C=C2C(=O)N(c3ccc(Br)cc3)N=C2C)cc(I)c1O. The minimum Gasteiger partial charge on any atom is -0.504 e. The zero-order valence-corrected chi connectivity index (χ0v) is 17.2. The van der Waals surface area contributed by atoms with Gasteiger partial charge in [0, 0.05) is 4.47 Å². The molecule has 0 atom stereocenters. The topological polar surface area (TPSA) is 62.1 Å². The Morgan fingerprint density at radius 1 is 1.28 bits per heavy atom. The van der Waals surface area contributed by atoms with Crippen molar-refractivity contribution in [1.82, 2.24) is 0 Å². The number of nitrogens with zero attached hydrogens (tertiary/aromatic N) is 2. The summed E-state index contributed by atoms with van der Waals surface area (Å²) in [4.78, 5) is 12.8. The molecule has 0 spiro atoms. The number of hydrogen-bond donors (Lipinski definition) is 1. The number of halogens is 2. The van der Waals surface area contributed by atoms with E-state index in [-0.39, 0.29) is 11.7 Å². The van der Waals surface area contributed by atoms with Gasteiger partial charge in [0.15, 0.2) is 11.5 Å². The third-order valence-electron chi connectivity index (χ3n) is 3.72. The average Bonchev–Trinajstić information content (AvgIpc) is 2.86. The summed E-state index contributed by atoms with van der Waals surface area (Å²) in [6.45, 7) is 1.80. The molecule has 1 N–H and O–H groups in total. The van der Waals surface area contributed by atoms with Crippen LogP contribution in [0.2, 0.25) is 0 Å². The number of methoxy groups -OCH3 is 1. The van der Waals surface area contributed by atoms with E-state index in [0.717, 1.165) is 10.0 Å². The monoisotopic (exact) mass is 512 g/mol. The molecule has 0 saturated carbocycles. The Balaban J connectivity index is 1.97. The number of benzene rings is 2. The van der Waals surface area contributed by atoms with E-state index in [2.05, 4.69) is 21.0 Å². The molecule has 1 aliphatic heterocycles. The molecule has 5 nitrogen and oxygen atoms in total. The molecule has 128 valence electrons. The van der Waals surface area contributed by atoms with Crippen molar-refractivity contribution in [3.8, 4) is 11.5 Å². The van der Waals surface area contributed by atoms with Crippen molar-refractivity contribution in [2.75, 3.05) is 12.1 Å². The first kappa shape index (κ1) is 17.9. The number of hydrazone groups is 1. The molecule has 1 aliphatic rings. The van der Waals surface area contributed by atoms with Crippen LogP contribution in [0, 0.1) is 3.57 Å². The van der Waals surface area contributed by atoms with Crippen molar-refractivity contribution >= 4 is 61.9 Å². The smallest absolute Gasteiger partial charge is 0.280 e. The van der Waals surface area contributed by atoms with E-state index in [0.29, 0.717) is 26.3 Å². The predicted octanol–water partition coefficient (Wildman–Crippen LogP) is 4.57. The van der Waals surface area contributed by atoms with Crippen LogP contribution in [0.3, 0.4) is 0 Å². The van der Waals surface area contributed by atoms with E-state index in [1.165, 1.54) is 12.1 Å². The number of aromatic hydroxyl groups is 1. The van der Waals surface area contributed by atoms with Gasteiger partial charge in [-0.15, -0.1) is 0 Å². The number of phenolic OH excluding ortho intramolecular Hbond substituents is 1. The number of hydrogen-bond acceptors (Lipinski definition) is 4. The zero-order valence-electron chi connectivity index (χ0n) is 13.5. The van der Waals surface area contributed by atoms with E-state index in [4.69, 9.17) is 4.74 Å². The van der Waals surface area contributed by atoms with Crippen LogP contribution in [-0.4, -0.2) is 23.8 Å². The fourth-order valence-corrected chi connectivity index (χ4v) is 3.33. The van der Waals surface area contributed by atoms with E-state index in [1.54, 1.807) is 25.1 Å². The molecule has 0 aromatic heterocycles. The van der Waals surface area contributed by atoms with Crippen LogP contribution in [0.4, 0.5) is 5.69 Å². The standard InChI is InChI=1S/C18H14BrIN2O3/c1-10-14(7-11-8-15(20)17(23)16(9-11)25-2)18(24)22(21-10)13-5-3-12(19)4-6-13/h3-9,23H,1-2H3. The highest BCUT2D eigenvalue weighted by Crippen LogP contribution is 2.34. The van der Waals surface area contributed by atoms with Crippen LogP contribution in [0.25, 0.3) is 6.08 Å². The fraction of sp³-hybridized carbons (Fsp3) is 0.111. The number of phenols is 1. The minimum atomic E-state index is -0.193. The van der Waals surface area contributed by atoms with Crippen molar-refractivity contribution in [3.63, 3.8) is 0 Å². The summed E-state index contributed by atoms with van der Waals surface area (Å²) >= 11 is 5.40. The highest BCUT2D eigenvalue weighted by Gasteiger charge is 2.28. The van der Waals surface area contributed by atoms with Gasteiger partial charge in [0.2, 0.25) is 0 Å². The quantitative estimate of drug-likeness (QED) is 0.484.